The number of nitrogens with zero attached hydrogens (tertiary/aromatic N) is 1. The van der Waals surface area contributed by atoms with E-state index in [0.717, 1.165) is 10.1 Å². The number of hydrogen-bond acceptors (Lipinski definition) is 4. The zero-order valence-electron chi connectivity index (χ0n) is 11.4. The molecular formula is C15H8Cl2N2O3S. The molecule has 0 spiro atoms. The first-order valence-corrected chi connectivity index (χ1v) is 7.97. The highest BCUT2D eigenvalue weighted by Gasteiger charge is 2.18. The minimum atomic E-state index is -0.555. The summed E-state index contributed by atoms with van der Waals surface area (Å²) in [5, 5.41) is 14.6. The predicted octanol–water partition coefficient (Wildman–Crippen LogP) is 5.37. The Morgan fingerprint density at radius 2 is 1.91 bits per heavy atom. The second-order valence-corrected chi connectivity index (χ2v) is 6.45. The van der Waals surface area contributed by atoms with Gasteiger partial charge >= 0.3 is 0 Å². The fourth-order valence-corrected chi connectivity index (χ4v) is 3.69. The lowest BCUT2D eigenvalue weighted by Gasteiger charge is -2.06. The first-order valence-electron chi connectivity index (χ1n) is 6.39. The van der Waals surface area contributed by atoms with Gasteiger partial charge in [0.1, 0.15) is 4.88 Å². The molecule has 0 aliphatic heterocycles. The molecule has 0 saturated carbocycles. The number of nitro groups is 1. The summed E-state index contributed by atoms with van der Waals surface area (Å²) in [6, 6.07) is 11.3. The lowest BCUT2D eigenvalue weighted by molar-refractivity contribution is -0.384. The van der Waals surface area contributed by atoms with E-state index in [1.54, 1.807) is 0 Å². The number of thiophene rings is 1. The van der Waals surface area contributed by atoms with Crippen molar-refractivity contribution in [3.8, 4) is 0 Å². The van der Waals surface area contributed by atoms with E-state index >= 15 is 0 Å². The third-order valence-corrected chi connectivity index (χ3v) is 5.14. The molecule has 1 heterocycles. The van der Waals surface area contributed by atoms with Crippen molar-refractivity contribution in [3.63, 3.8) is 0 Å². The molecule has 0 saturated heterocycles. The minimum Gasteiger partial charge on any atom is -0.320 e. The van der Waals surface area contributed by atoms with E-state index in [0.29, 0.717) is 9.90 Å². The Hall–Kier alpha value is -2.15. The molecular weight excluding hydrogens is 359 g/mol. The van der Waals surface area contributed by atoms with E-state index in [1.165, 1.54) is 29.5 Å². The maximum absolute atomic E-state index is 12.4. The standard InChI is InChI=1S/C15H8Cl2N2O3S/c16-10-7-8(19(21)22)5-6-11(10)18-15(20)14-13(17)9-3-1-2-4-12(9)23-14/h1-7H,(H,18,20). The minimum absolute atomic E-state index is 0.0878. The van der Waals surface area contributed by atoms with Crippen molar-refractivity contribution in [1.82, 2.24) is 0 Å². The molecule has 3 aromatic rings. The SMILES string of the molecule is O=C(Nc1ccc([N+](=O)[O-])cc1Cl)c1sc2ccccc2c1Cl. The van der Waals surface area contributed by atoms with E-state index in [2.05, 4.69) is 5.32 Å². The molecule has 23 heavy (non-hydrogen) atoms. The zero-order chi connectivity index (χ0) is 16.6. The van der Waals surface area contributed by atoms with E-state index < -0.39 is 10.8 Å². The molecule has 116 valence electrons. The smallest absolute Gasteiger partial charge is 0.271 e. The van der Waals surface area contributed by atoms with Crippen molar-refractivity contribution in [2.24, 2.45) is 0 Å². The van der Waals surface area contributed by atoms with Crippen molar-refractivity contribution in [1.29, 1.82) is 0 Å². The molecule has 3 rings (SSSR count). The predicted molar refractivity (Wildman–Crippen MR) is 92.9 cm³/mol. The maximum Gasteiger partial charge on any atom is 0.271 e. The van der Waals surface area contributed by atoms with Gasteiger partial charge in [-0.25, -0.2) is 0 Å². The van der Waals surface area contributed by atoms with Gasteiger partial charge in [-0.15, -0.1) is 11.3 Å². The number of nitro benzene ring substituents is 1. The number of nitrogens with one attached hydrogen (secondary N) is 1. The molecule has 0 aliphatic carbocycles. The summed E-state index contributed by atoms with van der Waals surface area (Å²) < 4.78 is 0.900. The number of amides is 1. The van der Waals surface area contributed by atoms with Gasteiger partial charge in [-0.1, -0.05) is 41.4 Å². The van der Waals surface area contributed by atoms with Gasteiger partial charge in [0.05, 0.1) is 20.7 Å². The van der Waals surface area contributed by atoms with Gasteiger partial charge in [0.15, 0.2) is 0 Å². The number of halogens is 2. The lowest BCUT2D eigenvalue weighted by Crippen LogP contribution is -2.11. The van der Waals surface area contributed by atoms with Crippen molar-refractivity contribution in [3.05, 3.63) is 67.5 Å². The van der Waals surface area contributed by atoms with Gasteiger partial charge in [-0.2, -0.15) is 0 Å². The Bertz CT molecular complexity index is 940. The average molecular weight is 367 g/mol. The molecule has 8 heteroatoms. The summed E-state index contributed by atoms with van der Waals surface area (Å²) in [7, 11) is 0. The third-order valence-electron chi connectivity index (χ3n) is 3.15. The molecule has 0 atom stereocenters. The number of rotatable bonds is 3. The summed E-state index contributed by atoms with van der Waals surface area (Å²) in [5.41, 5.74) is 0.142. The van der Waals surface area contributed by atoms with Crippen molar-refractivity contribution >= 4 is 61.9 Å². The first kappa shape index (κ1) is 15.7. The lowest BCUT2D eigenvalue weighted by atomic mass is 10.2. The number of carbonyl (C=O) groups excluding carboxylic acids is 1. The molecule has 1 aromatic heterocycles. The highest BCUT2D eigenvalue weighted by molar-refractivity contribution is 7.21. The molecule has 0 fully saturated rings. The Kier molecular flexibility index (Phi) is 4.21. The van der Waals surface area contributed by atoms with Gasteiger partial charge in [0, 0.05) is 22.2 Å². The molecule has 1 amide bonds. The molecule has 0 unspecified atom stereocenters. The third kappa shape index (κ3) is 3.01. The number of anilines is 1. The van der Waals surface area contributed by atoms with Crippen LogP contribution in [-0.4, -0.2) is 10.8 Å². The van der Waals surface area contributed by atoms with Crippen molar-refractivity contribution in [2.75, 3.05) is 5.32 Å². The van der Waals surface area contributed by atoms with Crippen molar-refractivity contribution in [2.45, 2.75) is 0 Å². The van der Waals surface area contributed by atoms with Crippen LogP contribution in [0, 0.1) is 10.1 Å². The molecule has 2 aromatic carbocycles. The van der Waals surface area contributed by atoms with Crippen LogP contribution in [0.3, 0.4) is 0 Å². The normalized spacial score (nSPS) is 10.7. The molecule has 1 N–H and O–H groups in total. The van der Waals surface area contributed by atoms with Crippen LogP contribution in [0.4, 0.5) is 11.4 Å². The fraction of sp³-hybridized carbons (Fsp3) is 0. The second kappa shape index (κ2) is 6.16. The number of fused-ring (bicyclic) bond motifs is 1. The molecule has 0 aliphatic rings. The van der Waals surface area contributed by atoms with Crippen LogP contribution in [0.25, 0.3) is 10.1 Å². The monoisotopic (exact) mass is 366 g/mol. The second-order valence-electron chi connectivity index (χ2n) is 4.62. The van der Waals surface area contributed by atoms with Gasteiger partial charge in [-0.05, 0) is 12.1 Å². The Morgan fingerprint density at radius 1 is 1.17 bits per heavy atom. The van der Waals surface area contributed by atoms with Gasteiger partial charge < -0.3 is 5.32 Å². The summed E-state index contributed by atoms with van der Waals surface area (Å²) in [5.74, 6) is -0.410. The van der Waals surface area contributed by atoms with Gasteiger partial charge in [-0.3, -0.25) is 14.9 Å². The molecule has 5 nitrogen and oxygen atoms in total. The average Bonchev–Trinajstić information content (AvgIpc) is 2.87. The van der Waals surface area contributed by atoms with Crippen LogP contribution in [0.5, 0.6) is 0 Å². The van der Waals surface area contributed by atoms with E-state index in [-0.39, 0.29) is 16.4 Å². The molecule has 0 radical (unpaired) electrons. The largest absolute Gasteiger partial charge is 0.320 e. The Morgan fingerprint density at radius 3 is 2.57 bits per heavy atom. The number of hydrogen-bond donors (Lipinski definition) is 1. The molecule has 0 bridgehead atoms. The van der Waals surface area contributed by atoms with Crippen LogP contribution >= 0.6 is 34.5 Å². The first-order chi connectivity index (χ1) is 11.0. The number of carbonyl (C=O) groups is 1. The van der Waals surface area contributed by atoms with Crippen LogP contribution in [0.1, 0.15) is 9.67 Å². The van der Waals surface area contributed by atoms with Crippen LogP contribution in [0.2, 0.25) is 10.0 Å². The van der Waals surface area contributed by atoms with Crippen molar-refractivity contribution < 1.29 is 9.72 Å². The number of benzene rings is 2. The van der Waals surface area contributed by atoms with Gasteiger partial charge in [0.25, 0.3) is 11.6 Å². The highest BCUT2D eigenvalue weighted by Crippen LogP contribution is 2.36. The van der Waals surface area contributed by atoms with Crippen LogP contribution in [0.15, 0.2) is 42.5 Å². The van der Waals surface area contributed by atoms with Gasteiger partial charge in [0.2, 0.25) is 0 Å². The highest BCUT2D eigenvalue weighted by atomic mass is 35.5. The topological polar surface area (TPSA) is 72.2 Å². The zero-order valence-corrected chi connectivity index (χ0v) is 13.7. The summed E-state index contributed by atoms with van der Waals surface area (Å²) >= 11 is 13.5. The van der Waals surface area contributed by atoms with E-state index in [1.807, 2.05) is 24.3 Å². The Balaban J connectivity index is 1.92. The van der Waals surface area contributed by atoms with Crippen LogP contribution < -0.4 is 5.32 Å². The quantitative estimate of drug-likeness (QED) is 0.500. The summed E-state index contributed by atoms with van der Waals surface area (Å²) in [4.78, 5) is 22.9. The van der Waals surface area contributed by atoms with E-state index in [4.69, 9.17) is 23.2 Å². The number of non-ortho nitro benzene ring substituents is 1. The summed E-state index contributed by atoms with van der Waals surface area (Å²) in [6.07, 6.45) is 0. The maximum atomic E-state index is 12.4. The Labute approximate surface area is 144 Å². The van der Waals surface area contributed by atoms with E-state index in [9.17, 15) is 14.9 Å². The fourth-order valence-electron chi connectivity index (χ4n) is 2.06. The summed E-state index contributed by atoms with van der Waals surface area (Å²) in [6.45, 7) is 0. The van der Waals surface area contributed by atoms with Crippen LogP contribution in [-0.2, 0) is 0 Å².